The monoisotopic (exact) mass is 278 g/mol. The first-order chi connectivity index (χ1) is 10.1. The first-order valence-corrected chi connectivity index (χ1v) is 6.24. The molecule has 102 valence electrons. The molecule has 3 atom stereocenters. The molecule has 1 aromatic rings. The SMILES string of the molecule is N#CC1=C(N)N=NC2(c3ccccc3)NC(=O)C(C#N)C12. The quantitative estimate of drug-likeness (QED) is 0.790. The van der Waals surface area contributed by atoms with Gasteiger partial charge in [-0.05, 0) is 0 Å². The smallest absolute Gasteiger partial charge is 0.240 e. The Balaban J connectivity index is 2.26. The fourth-order valence-corrected chi connectivity index (χ4v) is 2.81. The minimum absolute atomic E-state index is 0.0502. The summed E-state index contributed by atoms with van der Waals surface area (Å²) in [6, 6.07) is 12.8. The van der Waals surface area contributed by atoms with E-state index in [-0.39, 0.29) is 11.4 Å². The second kappa shape index (κ2) is 4.43. The standard InChI is InChI=1S/C14H10N6O/c15-6-9-11-10(7-16)13(21)18-14(11,20-19-12(9)17)8-4-2-1-3-5-8/h1-5,10-11H,17H2,(H,18,21). The number of benzene rings is 1. The maximum absolute atomic E-state index is 12.1. The van der Waals surface area contributed by atoms with Crippen molar-refractivity contribution < 1.29 is 4.79 Å². The Hall–Kier alpha value is -3.19. The van der Waals surface area contributed by atoms with Crippen LogP contribution in [0, 0.1) is 34.5 Å². The minimum Gasteiger partial charge on any atom is -0.381 e. The van der Waals surface area contributed by atoms with E-state index in [0.29, 0.717) is 5.56 Å². The van der Waals surface area contributed by atoms with E-state index in [1.165, 1.54) is 0 Å². The highest BCUT2D eigenvalue weighted by atomic mass is 16.2. The van der Waals surface area contributed by atoms with Gasteiger partial charge in [0.1, 0.15) is 5.92 Å². The van der Waals surface area contributed by atoms with Crippen LogP contribution in [-0.4, -0.2) is 5.91 Å². The molecule has 0 radical (unpaired) electrons. The summed E-state index contributed by atoms with van der Waals surface area (Å²) in [4.78, 5) is 12.1. The van der Waals surface area contributed by atoms with E-state index in [4.69, 9.17) is 5.73 Å². The normalized spacial score (nSPS) is 30.3. The number of rotatable bonds is 1. The van der Waals surface area contributed by atoms with Gasteiger partial charge in [-0.25, -0.2) is 0 Å². The minimum atomic E-state index is -1.24. The average molecular weight is 278 g/mol. The van der Waals surface area contributed by atoms with Crippen molar-refractivity contribution in [1.82, 2.24) is 5.32 Å². The van der Waals surface area contributed by atoms with Crippen LogP contribution in [0.15, 0.2) is 52.0 Å². The lowest BCUT2D eigenvalue weighted by Crippen LogP contribution is -2.43. The van der Waals surface area contributed by atoms with Crippen LogP contribution in [0.1, 0.15) is 5.56 Å². The predicted molar refractivity (Wildman–Crippen MR) is 70.5 cm³/mol. The van der Waals surface area contributed by atoms with Gasteiger partial charge in [-0.15, -0.1) is 5.11 Å². The highest BCUT2D eigenvalue weighted by Crippen LogP contribution is 2.48. The molecule has 0 bridgehead atoms. The summed E-state index contributed by atoms with van der Waals surface area (Å²) in [7, 11) is 0. The van der Waals surface area contributed by atoms with Gasteiger partial charge in [0.05, 0.1) is 23.6 Å². The molecule has 3 N–H and O–H groups in total. The third-order valence-electron chi connectivity index (χ3n) is 3.76. The summed E-state index contributed by atoms with van der Waals surface area (Å²) in [5.41, 5.74) is 5.22. The van der Waals surface area contributed by atoms with Crippen LogP contribution in [0.2, 0.25) is 0 Å². The summed E-state index contributed by atoms with van der Waals surface area (Å²) in [6.07, 6.45) is 0. The molecule has 0 spiro atoms. The van der Waals surface area contributed by atoms with E-state index < -0.39 is 23.4 Å². The van der Waals surface area contributed by atoms with Crippen molar-refractivity contribution in [2.75, 3.05) is 0 Å². The fourth-order valence-electron chi connectivity index (χ4n) is 2.81. The van der Waals surface area contributed by atoms with E-state index in [1.807, 2.05) is 18.2 Å². The van der Waals surface area contributed by atoms with Crippen LogP contribution in [0.5, 0.6) is 0 Å². The molecule has 1 amide bonds. The lowest BCUT2D eigenvalue weighted by Gasteiger charge is -2.33. The van der Waals surface area contributed by atoms with Crippen LogP contribution >= 0.6 is 0 Å². The number of carbonyl (C=O) groups is 1. The third-order valence-corrected chi connectivity index (χ3v) is 3.76. The Morgan fingerprint density at radius 3 is 2.62 bits per heavy atom. The highest BCUT2D eigenvalue weighted by Gasteiger charge is 2.59. The van der Waals surface area contributed by atoms with E-state index in [0.717, 1.165) is 0 Å². The number of fused-ring (bicyclic) bond motifs is 1. The molecule has 1 aromatic carbocycles. The second-order valence-corrected chi connectivity index (χ2v) is 4.82. The molecule has 2 heterocycles. The van der Waals surface area contributed by atoms with Crippen molar-refractivity contribution in [2.45, 2.75) is 5.66 Å². The molecule has 0 aromatic heterocycles. The number of nitrogens with one attached hydrogen (secondary N) is 1. The maximum Gasteiger partial charge on any atom is 0.240 e. The van der Waals surface area contributed by atoms with Gasteiger partial charge in [0.15, 0.2) is 11.5 Å². The van der Waals surface area contributed by atoms with E-state index in [1.54, 1.807) is 24.3 Å². The number of amides is 1. The maximum atomic E-state index is 12.1. The first kappa shape index (κ1) is 12.8. The van der Waals surface area contributed by atoms with Crippen LogP contribution < -0.4 is 11.1 Å². The molecule has 2 aliphatic rings. The molecule has 3 unspecified atom stereocenters. The molecule has 7 nitrogen and oxygen atoms in total. The van der Waals surface area contributed by atoms with Crippen molar-refractivity contribution in [3.05, 3.63) is 47.3 Å². The Morgan fingerprint density at radius 1 is 1.29 bits per heavy atom. The highest BCUT2D eigenvalue weighted by molar-refractivity contribution is 5.86. The lowest BCUT2D eigenvalue weighted by atomic mass is 9.77. The third kappa shape index (κ3) is 1.61. The van der Waals surface area contributed by atoms with Gasteiger partial charge in [0.25, 0.3) is 0 Å². The summed E-state index contributed by atoms with van der Waals surface area (Å²) in [5, 5.41) is 29.3. The molecule has 3 rings (SSSR count). The van der Waals surface area contributed by atoms with Crippen molar-refractivity contribution in [1.29, 1.82) is 10.5 Å². The van der Waals surface area contributed by atoms with E-state index in [2.05, 4.69) is 15.5 Å². The van der Waals surface area contributed by atoms with Crippen LogP contribution in [0.25, 0.3) is 0 Å². The van der Waals surface area contributed by atoms with Gasteiger partial charge in [-0.1, -0.05) is 30.3 Å². The zero-order chi connectivity index (χ0) is 15.0. The number of nitrogens with two attached hydrogens (primary N) is 1. The van der Waals surface area contributed by atoms with Crippen LogP contribution in [0.4, 0.5) is 0 Å². The van der Waals surface area contributed by atoms with Crippen molar-refractivity contribution in [2.24, 2.45) is 27.8 Å². The van der Waals surface area contributed by atoms with Crippen LogP contribution in [0.3, 0.4) is 0 Å². The van der Waals surface area contributed by atoms with Crippen LogP contribution in [-0.2, 0) is 10.5 Å². The number of hydrogen-bond acceptors (Lipinski definition) is 6. The lowest BCUT2D eigenvalue weighted by molar-refractivity contribution is -0.121. The summed E-state index contributed by atoms with van der Waals surface area (Å²) in [6.45, 7) is 0. The molecule has 21 heavy (non-hydrogen) atoms. The van der Waals surface area contributed by atoms with Gasteiger partial charge in [-0.3, -0.25) is 4.79 Å². The van der Waals surface area contributed by atoms with Crippen molar-refractivity contribution in [3.8, 4) is 12.1 Å². The van der Waals surface area contributed by atoms with Gasteiger partial charge in [0.2, 0.25) is 5.91 Å². The molecule has 7 heteroatoms. The second-order valence-electron chi connectivity index (χ2n) is 4.82. The van der Waals surface area contributed by atoms with Crippen molar-refractivity contribution >= 4 is 5.91 Å². The molecule has 0 aliphatic carbocycles. The molecular formula is C14H10N6O. The summed E-state index contributed by atoms with van der Waals surface area (Å²) >= 11 is 0. The fraction of sp³-hybridized carbons (Fsp3) is 0.214. The van der Waals surface area contributed by atoms with Gasteiger partial charge < -0.3 is 11.1 Å². The molecule has 1 fully saturated rings. The average Bonchev–Trinajstić information content (AvgIpc) is 2.81. The van der Waals surface area contributed by atoms with Gasteiger partial charge >= 0.3 is 0 Å². The Bertz CT molecular complexity index is 754. The van der Waals surface area contributed by atoms with Gasteiger partial charge in [-0.2, -0.15) is 15.6 Å². The predicted octanol–water partition coefficient (Wildman–Crippen LogP) is 0.885. The Labute approximate surface area is 120 Å². The summed E-state index contributed by atoms with van der Waals surface area (Å²) < 4.78 is 0. The zero-order valence-electron chi connectivity index (χ0n) is 10.8. The van der Waals surface area contributed by atoms with E-state index in [9.17, 15) is 15.3 Å². The number of nitriles is 2. The first-order valence-electron chi connectivity index (χ1n) is 6.24. The molecule has 0 saturated carbocycles. The number of hydrogen-bond donors (Lipinski definition) is 2. The molecule has 1 saturated heterocycles. The summed E-state index contributed by atoms with van der Waals surface area (Å²) in [5.74, 6) is -2.34. The van der Waals surface area contributed by atoms with Gasteiger partial charge in [0, 0.05) is 5.56 Å². The Kier molecular flexibility index (Phi) is 2.70. The zero-order valence-corrected chi connectivity index (χ0v) is 10.8. The molecule has 2 aliphatic heterocycles. The number of azo groups is 1. The number of nitrogens with zero attached hydrogens (tertiary/aromatic N) is 4. The van der Waals surface area contributed by atoms with Crippen molar-refractivity contribution in [3.63, 3.8) is 0 Å². The molecular weight excluding hydrogens is 268 g/mol. The Morgan fingerprint density at radius 2 is 2.00 bits per heavy atom. The topological polar surface area (TPSA) is 127 Å². The van der Waals surface area contributed by atoms with E-state index >= 15 is 0 Å². The largest absolute Gasteiger partial charge is 0.381 e. The number of carbonyl (C=O) groups excluding carboxylic acids is 1.